The Bertz CT molecular complexity index is 3530. The molecule has 0 atom stereocenters. The van der Waals surface area contributed by atoms with Crippen LogP contribution in [0.15, 0.2) is 182 Å². The summed E-state index contributed by atoms with van der Waals surface area (Å²) in [6.45, 7) is 0. The van der Waals surface area contributed by atoms with Gasteiger partial charge in [-0.25, -0.2) is 15.0 Å². The number of para-hydroxylation sites is 2. The van der Waals surface area contributed by atoms with Crippen molar-refractivity contribution in [2.24, 2.45) is 0 Å². The number of nitrogens with zero attached hydrogens (tertiary/aromatic N) is 4. The Morgan fingerprint density at radius 3 is 1.86 bits per heavy atom. The van der Waals surface area contributed by atoms with Gasteiger partial charge in [-0.15, -0.1) is 22.7 Å². The molecule has 4 heterocycles. The van der Waals surface area contributed by atoms with E-state index in [4.69, 9.17) is 15.0 Å². The van der Waals surface area contributed by atoms with Gasteiger partial charge < -0.3 is 4.57 Å². The summed E-state index contributed by atoms with van der Waals surface area (Å²) in [6, 6.07) is 64.8. The van der Waals surface area contributed by atoms with Crippen LogP contribution in [0.4, 0.5) is 0 Å². The van der Waals surface area contributed by atoms with Gasteiger partial charge in [-0.3, -0.25) is 0 Å². The first-order valence-corrected chi connectivity index (χ1v) is 20.7. The highest BCUT2D eigenvalue weighted by Gasteiger charge is 2.22. The van der Waals surface area contributed by atoms with E-state index in [1.54, 1.807) is 11.3 Å². The van der Waals surface area contributed by atoms with E-state index in [1.807, 2.05) is 29.5 Å². The minimum atomic E-state index is 0.631. The molecular weight excluding hydrogens is 733 g/mol. The number of aromatic nitrogens is 4. The van der Waals surface area contributed by atoms with Gasteiger partial charge in [0.1, 0.15) is 0 Å². The van der Waals surface area contributed by atoms with Gasteiger partial charge >= 0.3 is 0 Å². The first-order valence-electron chi connectivity index (χ1n) is 19.0. The Kier molecular flexibility index (Phi) is 7.24. The molecule has 0 saturated carbocycles. The molecule has 4 nitrogen and oxygen atoms in total. The highest BCUT2D eigenvalue weighted by molar-refractivity contribution is 7.26. The summed E-state index contributed by atoms with van der Waals surface area (Å²) in [5, 5.41) is 7.57. The van der Waals surface area contributed by atoms with Crippen molar-refractivity contribution in [3.8, 4) is 51.0 Å². The Morgan fingerprint density at radius 2 is 1.00 bits per heavy atom. The van der Waals surface area contributed by atoms with Crippen molar-refractivity contribution in [2.45, 2.75) is 0 Å². The fourth-order valence-electron chi connectivity index (χ4n) is 8.52. The van der Waals surface area contributed by atoms with E-state index in [0.717, 1.165) is 33.4 Å². The van der Waals surface area contributed by atoms with Crippen LogP contribution in [-0.2, 0) is 0 Å². The molecule has 0 unspecified atom stereocenters. The lowest BCUT2D eigenvalue weighted by molar-refractivity contribution is 1.06. The Morgan fingerprint density at radius 1 is 0.351 bits per heavy atom. The van der Waals surface area contributed by atoms with E-state index < -0.39 is 0 Å². The lowest BCUT2D eigenvalue weighted by atomic mass is 10.0. The molecule has 266 valence electrons. The van der Waals surface area contributed by atoms with Crippen LogP contribution >= 0.6 is 22.7 Å². The van der Waals surface area contributed by atoms with Crippen LogP contribution in [0.3, 0.4) is 0 Å². The lowest BCUT2D eigenvalue weighted by Crippen LogP contribution is -2.03. The average Bonchev–Trinajstić information content (AvgIpc) is 3.96. The van der Waals surface area contributed by atoms with Gasteiger partial charge in [-0.05, 0) is 53.6 Å². The SMILES string of the molecule is c1ccc(-c2nc(-c3ccc4c(c3)sc3ccccc34)nc(-c3ccccc3-n3c4ccccc4c4c5c(ccc43)sc3c(-c4ccccc4)cccc35)n2)cc1. The monoisotopic (exact) mass is 762 g/mol. The van der Waals surface area contributed by atoms with E-state index in [1.165, 1.54) is 62.2 Å². The normalized spacial score (nSPS) is 11.9. The first-order chi connectivity index (χ1) is 28.3. The number of thiophene rings is 2. The van der Waals surface area contributed by atoms with Crippen LogP contribution in [0, 0.1) is 0 Å². The fourth-order valence-corrected chi connectivity index (χ4v) is 10.9. The van der Waals surface area contributed by atoms with Crippen molar-refractivity contribution in [3.63, 3.8) is 0 Å². The zero-order valence-electron chi connectivity index (χ0n) is 30.4. The predicted molar refractivity (Wildman–Crippen MR) is 242 cm³/mol. The first kappa shape index (κ1) is 32.3. The van der Waals surface area contributed by atoms with Crippen LogP contribution in [0.1, 0.15) is 0 Å². The van der Waals surface area contributed by atoms with Crippen molar-refractivity contribution in [1.29, 1.82) is 0 Å². The maximum atomic E-state index is 5.28. The molecule has 4 aromatic heterocycles. The molecule has 0 fully saturated rings. The Balaban J connectivity index is 1.10. The third-order valence-electron chi connectivity index (χ3n) is 11.1. The standard InChI is InChI=1S/C51H30N4S2/c1-3-14-31(15-4-1)34-21-13-22-39-47-44(57-48(34)39)29-28-42-46(47)37-19-7-10-23-40(37)55(42)41-24-11-8-20-38(41)51-53-49(32-16-5-2-6-17-32)52-50(54-51)33-26-27-36-35-18-9-12-25-43(35)56-45(36)30-33/h1-30H. The number of benzene rings is 8. The smallest absolute Gasteiger partial charge is 0.166 e. The summed E-state index contributed by atoms with van der Waals surface area (Å²) < 4.78 is 7.48. The number of fused-ring (bicyclic) bond motifs is 10. The maximum absolute atomic E-state index is 5.28. The van der Waals surface area contributed by atoms with Crippen LogP contribution in [-0.4, -0.2) is 19.5 Å². The topological polar surface area (TPSA) is 43.6 Å². The molecule has 0 radical (unpaired) electrons. The second kappa shape index (κ2) is 12.8. The molecule has 0 aliphatic heterocycles. The van der Waals surface area contributed by atoms with E-state index in [0.29, 0.717) is 17.5 Å². The number of hydrogen-bond donors (Lipinski definition) is 0. The third-order valence-corrected chi connectivity index (χ3v) is 13.4. The highest BCUT2D eigenvalue weighted by atomic mass is 32.1. The third kappa shape index (κ3) is 5.08. The molecule has 0 aliphatic rings. The Labute approximate surface area is 335 Å². The van der Waals surface area contributed by atoms with Crippen molar-refractivity contribution in [2.75, 3.05) is 0 Å². The summed E-state index contributed by atoms with van der Waals surface area (Å²) in [4.78, 5) is 15.6. The summed E-state index contributed by atoms with van der Waals surface area (Å²) >= 11 is 3.68. The van der Waals surface area contributed by atoms with E-state index >= 15 is 0 Å². The molecule has 0 saturated heterocycles. The summed E-state index contributed by atoms with van der Waals surface area (Å²) in [7, 11) is 0. The maximum Gasteiger partial charge on any atom is 0.166 e. The second-order valence-electron chi connectivity index (χ2n) is 14.3. The predicted octanol–water partition coefficient (Wildman–Crippen LogP) is 14.4. The van der Waals surface area contributed by atoms with Gasteiger partial charge in [0, 0.05) is 67.8 Å². The summed E-state index contributed by atoms with van der Waals surface area (Å²) in [5.41, 5.74) is 8.65. The molecule has 0 amide bonds. The zero-order chi connectivity index (χ0) is 37.5. The van der Waals surface area contributed by atoms with Gasteiger partial charge in [0.2, 0.25) is 0 Å². The van der Waals surface area contributed by atoms with E-state index in [2.05, 4.69) is 168 Å². The van der Waals surface area contributed by atoms with Crippen LogP contribution in [0.2, 0.25) is 0 Å². The minimum absolute atomic E-state index is 0.631. The van der Waals surface area contributed by atoms with Gasteiger partial charge in [-0.1, -0.05) is 140 Å². The second-order valence-corrected chi connectivity index (χ2v) is 16.5. The van der Waals surface area contributed by atoms with Gasteiger partial charge in [0.05, 0.1) is 16.7 Å². The average molecular weight is 763 g/mol. The molecular formula is C51H30N4S2. The quantitative estimate of drug-likeness (QED) is 0.175. The molecule has 0 spiro atoms. The van der Waals surface area contributed by atoms with Crippen LogP contribution < -0.4 is 0 Å². The minimum Gasteiger partial charge on any atom is -0.308 e. The van der Waals surface area contributed by atoms with Crippen molar-refractivity contribution < 1.29 is 0 Å². The molecule has 8 aromatic carbocycles. The van der Waals surface area contributed by atoms with E-state index in [-0.39, 0.29) is 0 Å². The zero-order valence-corrected chi connectivity index (χ0v) is 32.1. The van der Waals surface area contributed by atoms with E-state index in [9.17, 15) is 0 Å². The molecule has 0 bridgehead atoms. The molecule has 0 N–H and O–H groups in total. The number of hydrogen-bond acceptors (Lipinski definition) is 5. The van der Waals surface area contributed by atoms with Gasteiger partial charge in [-0.2, -0.15) is 0 Å². The van der Waals surface area contributed by atoms with Crippen molar-refractivity contribution >= 4 is 84.8 Å². The summed E-state index contributed by atoms with van der Waals surface area (Å²) in [5.74, 6) is 1.92. The van der Waals surface area contributed by atoms with Crippen LogP contribution in [0.25, 0.3) is 113 Å². The number of rotatable bonds is 5. The van der Waals surface area contributed by atoms with Crippen LogP contribution in [0.5, 0.6) is 0 Å². The fraction of sp³-hybridized carbons (Fsp3) is 0. The molecule has 12 rings (SSSR count). The molecule has 12 aromatic rings. The van der Waals surface area contributed by atoms with Crippen molar-refractivity contribution in [3.05, 3.63) is 182 Å². The van der Waals surface area contributed by atoms with Gasteiger partial charge in [0.25, 0.3) is 0 Å². The summed E-state index contributed by atoms with van der Waals surface area (Å²) in [6.07, 6.45) is 0. The van der Waals surface area contributed by atoms with Crippen molar-refractivity contribution in [1.82, 2.24) is 19.5 Å². The molecule has 6 heteroatoms. The Hall–Kier alpha value is -6.99. The largest absolute Gasteiger partial charge is 0.308 e. The molecule has 57 heavy (non-hydrogen) atoms. The molecule has 0 aliphatic carbocycles. The van der Waals surface area contributed by atoms with Gasteiger partial charge in [0.15, 0.2) is 17.5 Å². The highest BCUT2D eigenvalue weighted by Crippen LogP contribution is 2.46. The lowest BCUT2D eigenvalue weighted by Gasteiger charge is -2.14.